The Morgan fingerprint density at radius 2 is 2.17 bits per heavy atom. The first-order chi connectivity index (χ1) is 11.5. The molecular formula is C16H18N6OSe. The number of nitrogens with one attached hydrogen (secondary N) is 1. The summed E-state index contributed by atoms with van der Waals surface area (Å²) in [5.74, 6) is 1.16. The van der Waals surface area contributed by atoms with Crippen LogP contribution >= 0.6 is 0 Å². The summed E-state index contributed by atoms with van der Waals surface area (Å²) in [5.41, 5.74) is 14.8. The van der Waals surface area contributed by atoms with E-state index in [-0.39, 0.29) is 4.81 Å². The van der Waals surface area contributed by atoms with Crippen LogP contribution in [0.5, 0.6) is 0 Å². The quantitative estimate of drug-likeness (QED) is 0.560. The summed E-state index contributed by atoms with van der Waals surface area (Å²) < 4.78 is 2.63. The van der Waals surface area contributed by atoms with Crippen LogP contribution in [0.3, 0.4) is 0 Å². The second-order valence-corrected chi connectivity index (χ2v) is 7.51. The molecule has 0 aliphatic rings. The molecule has 0 atom stereocenters. The van der Waals surface area contributed by atoms with Crippen LogP contribution in [-0.4, -0.2) is 41.3 Å². The van der Waals surface area contributed by atoms with Crippen molar-refractivity contribution in [2.75, 3.05) is 18.1 Å². The standard InChI is InChI=1S/C16H18N6OSe/c1-9-4-3-5-10(6-9)7-22-13(17)12(24-16(18)23)11-14(19-2)20-8-21-15(11)22/h3-6,8H,7,17H2,1-2H3,(H2,18,23)(H,19,20,21). The molecule has 8 heteroatoms. The Bertz CT molecular complexity index is 920. The van der Waals surface area contributed by atoms with Crippen molar-refractivity contribution in [3.05, 3.63) is 41.7 Å². The van der Waals surface area contributed by atoms with Gasteiger partial charge in [0.15, 0.2) is 0 Å². The second-order valence-electron chi connectivity index (χ2n) is 5.38. The van der Waals surface area contributed by atoms with Gasteiger partial charge in [-0.3, -0.25) is 0 Å². The summed E-state index contributed by atoms with van der Waals surface area (Å²) in [7, 11) is 1.77. The molecule has 0 bridgehead atoms. The summed E-state index contributed by atoms with van der Waals surface area (Å²) in [4.78, 5) is 19.7. The fourth-order valence-electron chi connectivity index (χ4n) is 2.70. The van der Waals surface area contributed by atoms with Crippen molar-refractivity contribution in [3.63, 3.8) is 0 Å². The Morgan fingerprint density at radius 3 is 2.83 bits per heavy atom. The van der Waals surface area contributed by atoms with E-state index in [1.807, 2.05) is 29.7 Å². The molecule has 1 amide bonds. The number of amides is 1. The van der Waals surface area contributed by atoms with Gasteiger partial charge in [0.2, 0.25) is 0 Å². The number of aromatic nitrogens is 3. The van der Waals surface area contributed by atoms with Crippen LogP contribution in [0.2, 0.25) is 0 Å². The van der Waals surface area contributed by atoms with Crippen LogP contribution in [0, 0.1) is 6.92 Å². The number of hydrogen-bond acceptors (Lipinski definition) is 5. The van der Waals surface area contributed by atoms with Crippen molar-refractivity contribution >= 4 is 46.9 Å². The van der Waals surface area contributed by atoms with Gasteiger partial charge in [-0.25, -0.2) is 0 Å². The van der Waals surface area contributed by atoms with Crippen molar-refractivity contribution < 1.29 is 4.79 Å². The van der Waals surface area contributed by atoms with E-state index in [1.165, 1.54) is 11.9 Å². The van der Waals surface area contributed by atoms with E-state index in [2.05, 4.69) is 21.4 Å². The van der Waals surface area contributed by atoms with E-state index < -0.39 is 15.0 Å². The van der Waals surface area contributed by atoms with E-state index in [1.54, 1.807) is 7.05 Å². The zero-order valence-corrected chi connectivity index (χ0v) is 15.1. The van der Waals surface area contributed by atoms with E-state index in [9.17, 15) is 4.79 Å². The van der Waals surface area contributed by atoms with Gasteiger partial charge in [0.05, 0.1) is 0 Å². The Hall–Kier alpha value is -2.57. The van der Waals surface area contributed by atoms with Crippen molar-refractivity contribution in [1.82, 2.24) is 14.5 Å². The van der Waals surface area contributed by atoms with Crippen LogP contribution in [-0.2, 0) is 6.54 Å². The number of primary amides is 1. The Morgan fingerprint density at radius 1 is 1.38 bits per heavy atom. The zero-order chi connectivity index (χ0) is 17.3. The fraction of sp³-hybridized carbons (Fsp3) is 0.188. The van der Waals surface area contributed by atoms with Gasteiger partial charge in [-0.15, -0.1) is 0 Å². The average Bonchev–Trinajstić information content (AvgIpc) is 2.80. The van der Waals surface area contributed by atoms with Crippen molar-refractivity contribution in [2.24, 2.45) is 5.73 Å². The number of fused-ring (bicyclic) bond motifs is 1. The van der Waals surface area contributed by atoms with Gasteiger partial charge >= 0.3 is 145 Å². The molecule has 0 fully saturated rings. The predicted molar refractivity (Wildman–Crippen MR) is 96.7 cm³/mol. The summed E-state index contributed by atoms with van der Waals surface area (Å²) >= 11 is -0.587. The second kappa shape index (κ2) is 6.51. The fourth-order valence-corrected chi connectivity index (χ4v) is 4.18. The first kappa shape index (κ1) is 16.3. The summed E-state index contributed by atoms with van der Waals surface area (Å²) in [6.45, 7) is 2.61. The molecule has 2 heterocycles. The molecular weight excluding hydrogens is 371 g/mol. The molecule has 24 heavy (non-hydrogen) atoms. The maximum atomic E-state index is 11.5. The Balaban J connectivity index is 2.20. The van der Waals surface area contributed by atoms with E-state index >= 15 is 0 Å². The van der Waals surface area contributed by atoms with Gasteiger partial charge in [-0.1, -0.05) is 0 Å². The number of hydrogen-bond donors (Lipinski definition) is 3. The Kier molecular flexibility index (Phi) is 4.42. The minimum atomic E-state index is -0.587. The van der Waals surface area contributed by atoms with Gasteiger partial charge in [0.25, 0.3) is 0 Å². The molecule has 0 saturated carbocycles. The number of nitrogen functional groups attached to an aromatic ring is 1. The third-order valence-corrected chi connectivity index (χ3v) is 5.41. The summed E-state index contributed by atoms with van der Waals surface area (Å²) in [6.07, 6.45) is 1.49. The van der Waals surface area contributed by atoms with Gasteiger partial charge in [-0.05, 0) is 0 Å². The van der Waals surface area contributed by atoms with E-state index in [0.29, 0.717) is 23.8 Å². The third-order valence-electron chi connectivity index (χ3n) is 3.70. The molecule has 0 aliphatic heterocycles. The normalized spacial score (nSPS) is 10.9. The number of carbonyl (C=O) groups is 1. The molecule has 0 radical (unpaired) electrons. The van der Waals surface area contributed by atoms with Crippen LogP contribution in [0.15, 0.2) is 30.6 Å². The summed E-state index contributed by atoms with van der Waals surface area (Å²) in [6, 6.07) is 8.19. The van der Waals surface area contributed by atoms with Gasteiger partial charge < -0.3 is 0 Å². The number of nitrogens with zero attached hydrogens (tertiary/aromatic N) is 3. The monoisotopic (exact) mass is 390 g/mol. The minimum absolute atomic E-state index is 0.380. The third kappa shape index (κ3) is 2.93. The molecule has 0 aliphatic carbocycles. The van der Waals surface area contributed by atoms with Gasteiger partial charge in [0.1, 0.15) is 0 Å². The molecule has 2 aromatic heterocycles. The number of rotatable bonds is 5. The maximum absolute atomic E-state index is 11.5. The number of aryl methyl sites for hydroxylation is 1. The molecule has 0 saturated heterocycles. The number of anilines is 2. The average molecular weight is 389 g/mol. The first-order valence-electron chi connectivity index (χ1n) is 7.34. The molecule has 0 unspecified atom stereocenters. The molecule has 124 valence electrons. The van der Waals surface area contributed by atoms with Crippen LogP contribution in [0.4, 0.5) is 16.4 Å². The zero-order valence-electron chi connectivity index (χ0n) is 13.4. The van der Waals surface area contributed by atoms with Crippen molar-refractivity contribution in [3.8, 4) is 0 Å². The molecule has 5 N–H and O–H groups in total. The molecule has 3 rings (SSSR count). The predicted octanol–water partition coefficient (Wildman–Crippen LogP) is 0.820. The topological polar surface area (TPSA) is 112 Å². The number of carbonyl (C=O) groups excluding carboxylic acids is 1. The molecule has 3 aromatic rings. The van der Waals surface area contributed by atoms with E-state index in [0.717, 1.165) is 15.4 Å². The molecule has 7 nitrogen and oxygen atoms in total. The number of benzene rings is 1. The van der Waals surface area contributed by atoms with Gasteiger partial charge in [-0.2, -0.15) is 0 Å². The van der Waals surface area contributed by atoms with E-state index in [4.69, 9.17) is 11.5 Å². The van der Waals surface area contributed by atoms with Crippen molar-refractivity contribution in [2.45, 2.75) is 13.5 Å². The first-order valence-corrected chi connectivity index (χ1v) is 9.05. The van der Waals surface area contributed by atoms with Crippen molar-refractivity contribution in [1.29, 1.82) is 0 Å². The van der Waals surface area contributed by atoms with Gasteiger partial charge in [0, 0.05) is 0 Å². The molecule has 1 aromatic carbocycles. The SMILES string of the molecule is CNc1ncnc2c1c([Se]C(N)=O)c(N)n2Cc1cccc(C)c1. The van der Waals surface area contributed by atoms with Crippen LogP contribution in [0.1, 0.15) is 11.1 Å². The summed E-state index contributed by atoms with van der Waals surface area (Å²) in [5, 5.41) is 3.80. The van der Waals surface area contributed by atoms with Crippen LogP contribution < -0.4 is 21.2 Å². The Labute approximate surface area is 145 Å². The molecule has 0 spiro atoms. The van der Waals surface area contributed by atoms with Crippen LogP contribution in [0.25, 0.3) is 11.0 Å². The number of nitrogens with two attached hydrogens (primary N) is 2.